The lowest BCUT2D eigenvalue weighted by molar-refractivity contribution is -0.117. The number of ether oxygens (including phenoxy) is 1. The number of carbonyl (C=O) groups is 2. The second-order valence-corrected chi connectivity index (χ2v) is 8.94. The molecule has 12 heteroatoms. The lowest BCUT2D eigenvalue weighted by Crippen LogP contribution is -2.44. The minimum atomic E-state index is -1.25. The number of hydrogen-bond acceptors (Lipinski definition) is 7. The molecule has 1 aromatic carbocycles. The minimum Gasteiger partial charge on any atom is -0.465 e. The number of carbonyl (C=O) groups excluding carboxylic acids is 1. The zero-order valence-electron chi connectivity index (χ0n) is 19.7. The summed E-state index contributed by atoms with van der Waals surface area (Å²) in [6, 6.07) is 7.25. The topological polar surface area (TPSA) is 130 Å². The lowest BCUT2D eigenvalue weighted by atomic mass is 10.1. The van der Waals surface area contributed by atoms with E-state index in [0.29, 0.717) is 24.3 Å². The molecule has 1 saturated heterocycles. The predicted molar refractivity (Wildman–Crippen MR) is 129 cm³/mol. The number of hydrogen-bond donors (Lipinski definition) is 3. The van der Waals surface area contributed by atoms with E-state index in [9.17, 15) is 23.5 Å². The first-order valence-corrected chi connectivity index (χ1v) is 11.9. The fraction of sp³-hybridized carbons (Fsp3) is 0.320. The molecule has 1 atom stereocenters. The number of likely N-dealkylation sites (tertiary alicyclic amines) is 1. The van der Waals surface area contributed by atoms with Crippen molar-refractivity contribution in [2.24, 2.45) is 5.92 Å². The maximum absolute atomic E-state index is 14.8. The van der Waals surface area contributed by atoms with Crippen LogP contribution >= 0.6 is 0 Å². The van der Waals surface area contributed by atoms with Crippen molar-refractivity contribution in [2.75, 3.05) is 23.7 Å². The Bertz CT molecular complexity index is 1340. The summed E-state index contributed by atoms with van der Waals surface area (Å²) < 4.78 is 35.1. The lowest BCUT2D eigenvalue weighted by Gasteiger charge is -2.31. The molecule has 192 valence electrons. The summed E-state index contributed by atoms with van der Waals surface area (Å²) in [6.45, 7) is 0.794. The zero-order chi connectivity index (χ0) is 25.9. The number of benzene rings is 1. The number of aromatic nitrogens is 3. The third-order valence-electron chi connectivity index (χ3n) is 6.19. The zero-order valence-corrected chi connectivity index (χ0v) is 19.7. The monoisotopic (exact) mass is 510 g/mol. The van der Waals surface area contributed by atoms with Crippen molar-refractivity contribution in [1.29, 1.82) is 0 Å². The average Bonchev–Trinajstić information content (AvgIpc) is 3.75. The third kappa shape index (κ3) is 5.57. The van der Waals surface area contributed by atoms with Gasteiger partial charge in [0, 0.05) is 37.4 Å². The van der Waals surface area contributed by atoms with Gasteiger partial charge in [-0.2, -0.15) is 4.39 Å². The van der Waals surface area contributed by atoms with Gasteiger partial charge in [-0.25, -0.2) is 24.1 Å². The highest BCUT2D eigenvalue weighted by atomic mass is 19.2. The molecule has 2 fully saturated rings. The number of nitrogens with one attached hydrogen (secondary N) is 2. The summed E-state index contributed by atoms with van der Waals surface area (Å²) in [7, 11) is 0. The molecule has 2 amide bonds. The Balaban J connectivity index is 1.34. The van der Waals surface area contributed by atoms with Gasteiger partial charge in [0.15, 0.2) is 11.6 Å². The number of rotatable bonds is 7. The largest absolute Gasteiger partial charge is 0.465 e. The van der Waals surface area contributed by atoms with E-state index < -0.39 is 23.5 Å². The van der Waals surface area contributed by atoms with Gasteiger partial charge in [-0.05, 0) is 56.0 Å². The maximum Gasteiger partial charge on any atom is 0.407 e. The summed E-state index contributed by atoms with van der Waals surface area (Å²) in [6.07, 6.45) is 4.95. The van der Waals surface area contributed by atoms with Gasteiger partial charge >= 0.3 is 6.09 Å². The quantitative estimate of drug-likeness (QED) is 0.423. The molecule has 10 nitrogen and oxygen atoms in total. The van der Waals surface area contributed by atoms with Crippen LogP contribution in [0.25, 0.3) is 11.3 Å². The maximum atomic E-state index is 14.8. The van der Waals surface area contributed by atoms with Gasteiger partial charge in [-0.15, -0.1) is 0 Å². The van der Waals surface area contributed by atoms with Crippen molar-refractivity contribution in [1.82, 2.24) is 19.9 Å². The minimum absolute atomic E-state index is 0.00469. The molecule has 37 heavy (non-hydrogen) atoms. The molecule has 3 N–H and O–H groups in total. The SMILES string of the molecule is O=C(Nc1ccc(Oc2ncccc2-c2ccnc(NC3CCCN(C(=O)O)C3)n2)c(F)c1F)C1CC1. The van der Waals surface area contributed by atoms with Crippen molar-refractivity contribution >= 4 is 23.6 Å². The molecule has 1 unspecified atom stereocenters. The number of halogens is 2. The first kappa shape index (κ1) is 24.3. The number of amides is 2. The highest BCUT2D eigenvalue weighted by molar-refractivity contribution is 5.94. The second-order valence-electron chi connectivity index (χ2n) is 8.94. The Hall–Kier alpha value is -4.35. The highest BCUT2D eigenvalue weighted by Crippen LogP contribution is 2.35. The molecule has 2 aromatic heterocycles. The van der Waals surface area contributed by atoms with Crippen LogP contribution in [0.4, 0.5) is 25.2 Å². The van der Waals surface area contributed by atoms with Gasteiger partial charge < -0.3 is 25.4 Å². The van der Waals surface area contributed by atoms with Gasteiger partial charge in [0.1, 0.15) is 0 Å². The number of nitrogens with zero attached hydrogens (tertiary/aromatic N) is 4. The van der Waals surface area contributed by atoms with Gasteiger partial charge in [-0.1, -0.05) is 0 Å². The summed E-state index contributed by atoms with van der Waals surface area (Å²) in [4.78, 5) is 37.4. The van der Waals surface area contributed by atoms with E-state index in [1.165, 1.54) is 29.4 Å². The van der Waals surface area contributed by atoms with Crippen LogP contribution in [0.1, 0.15) is 25.7 Å². The van der Waals surface area contributed by atoms with E-state index >= 15 is 0 Å². The van der Waals surface area contributed by atoms with Gasteiger partial charge in [0.25, 0.3) is 0 Å². The van der Waals surface area contributed by atoms with Gasteiger partial charge in [0.2, 0.25) is 23.6 Å². The van der Waals surface area contributed by atoms with Crippen LogP contribution in [-0.4, -0.2) is 56.1 Å². The van der Waals surface area contributed by atoms with E-state index in [-0.39, 0.29) is 35.4 Å². The third-order valence-corrected chi connectivity index (χ3v) is 6.19. The predicted octanol–water partition coefficient (Wildman–Crippen LogP) is 4.51. The molecule has 3 aromatic rings. The highest BCUT2D eigenvalue weighted by Gasteiger charge is 2.31. The van der Waals surface area contributed by atoms with Crippen LogP contribution in [0.3, 0.4) is 0 Å². The Kier molecular flexibility index (Phi) is 6.80. The smallest absolute Gasteiger partial charge is 0.407 e. The van der Waals surface area contributed by atoms with Gasteiger partial charge in [0.05, 0.1) is 16.9 Å². The number of pyridine rings is 1. The molecule has 1 aliphatic carbocycles. The van der Waals surface area contributed by atoms with E-state index in [2.05, 4.69) is 25.6 Å². The fourth-order valence-electron chi connectivity index (χ4n) is 4.09. The van der Waals surface area contributed by atoms with E-state index in [4.69, 9.17) is 4.74 Å². The summed E-state index contributed by atoms with van der Waals surface area (Å²) in [5.41, 5.74) is 0.578. The van der Waals surface area contributed by atoms with Crippen LogP contribution < -0.4 is 15.4 Å². The Morgan fingerprint density at radius 1 is 1.05 bits per heavy atom. The fourth-order valence-corrected chi connectivity index (χ4v) is 4.09. The average molecular weight is 511 g/mol. The number of piperidine rings is 1. The first-order chi connectivity index (χ1) is 17.9. The first-order valence-electron chi connectivity index (χ1n) is 11.9. The van der Waals surface area contributed by atoms with E-state index in [1.807, 2.05) is 0 Å². The Labute approximate surface area is 210 Å². The second kappa shape index (κ2) is 10.3. The molecule has 1 saturated carbocycles. The van der Waals surface area contributed by atoms with Crippen LogP contribution in [0.15, 0.2) is 42.7 Å². The molecule has 1 aliphatic heterocycles. The summed E-state index contributed by atoms with van der Waals surface area (Å²) >= 11 is 0. The van der Waals surface area contributed by atoms with Crippen molar-refractivity contribution in [3.05, 3.63) is 54.4 Å². The van der Waals surface area contributed by atoms with Crippen molar-refractivity contribution in [3.8, 4) is 22.9 Å². The van der Waals surface area contributed by atoms with Crippen molar-refractivity contribution in [3.63, 3.8) is 0 Å². The van der Waals surface area contributed by atoms with E-state index in [1.54, 1.807) is 18.2 Å². The van der Waals surface area contributed by atoms with Crippen LogP contribution in [0.5, 0.6) is 11.6 Å². The normalized spacial score (nSPS) is 17.2. The number of anilines is 2. The molecule has 5 rings (SSSR count). The van der Waals surface area contributed by atoms with Crippen molar-refractivity contribution < 1.29 is 28.2 Å². The summed E-state index contributed by atoms with van der Waals surface area (Å²) in [5.74, 6) is -3.08. The van der Waals surface area contributed by atoms with Crippen LogP contribution in [-0.2, 0) is 4.79 Å². The van der Waals surface area contributed by atoms with Crippen LogP contribution in [0, 0.1) is 17.6 Å². The molecule has 2 aliphatic rings. The van der Waals surface area contributed by atoms with Crippen LogP contribution in [0.2, 0.25) is 0 Å². The van der Waals surface area contributed by atoms with Crippen molar-refractivity contribution in [2.45, 2.75) is 31.7 Å². The molecule has 0 spiro atoms. The number of carboxylic acid groups (broad SMARTS) is 1. The summed E-state index contributed by atoms with van der Waals surface area (Å²) in [5, 5.41) is 14.8. The Morgan fingerprint density at radius 3 is 2.68 bits per heavy atom. The molecule has 0 radical (unpaired) electrons. The molecule has 3 heterocycles. The van der Waals surface area contributed by atoms with Gasteiger partial charge in [-0.3, -0.25) is 4.79 Å². The van der Waals surface area contributed by atoms with E-state index in [0.717, 1.165) is 25.7 Å². The standard InChI is InChI=1S/C25H24F2N6O4/c26-20-18(31-22(34)14-5-6-14)7-8-19(21(20)27)37-23-16(4-1-10-28-23)17-9-11-29-24(32-17)30-15-3-2-12-33(13-15)25(35)36/h1,4,7-11,14-15H,2-3,5-6,12-13H2,(H,31,34)(H,35,36)(H,29,30,32). The molecular weight excluding hydrogens is 486 g/mol. The molecular formula is C25H24F2N6O4. The molecule has 0 bridgehead atoms. The Morgan fingerprint density at radius 2 is 1.89 bits per heavy atom.